The van der Waals surface area contributed by atoms with Crippen LogP contribution in [-0.2, 0) is 0 Å². The van der Waals surface area contributed by atoms with Crippen molar-refractivity contribution in [2.24, 2.45) is 5.92 Å². The monoisotopic (exact) mass is 278 g/mol. The van der Waals surface area contributed by atoms with Crippen molar-refractivity contribution in [3.63, 3.8) is 0 Å². The molecule has 4 heteroatoms. The maximum absolute atomic E-state index is 10.6. The van der Waals surface area contributed by atoms with E-state index in [0.717, 1.165) is 37.3 Å². The Bertz CT molecular complexity index is 440. The minimum Gasteiger partial charge on any atom is -0.495 e. The molecule has 2 rings (SSSR count). The molecular weight excluding hydrogens is 252 g/mol. The number of hydrogen-bond donors (Lipinski definition) is 3. The highest BCUT2D eigenvalue weighted by Gasteiger charge is 2.32. The largest absolute Gasteiger partial charge is 0.495 e. The molecule has 0 bridgehead atoms. The van der Waals surface area contributed by atoms with Gasteiger partial charge in [-0.25, -0.2) is 0 Å². The summed E-state index contributed by atoms with van der Waals surface area (Å²) in [5.41, 5.74) is 6.84. The summed E-state index contributed by atoms with van der Waals surface area (Å²) < 4.78 is 5.20. The molecule has 1 saturated carbocycles. The first-order valence-electron chi connectivity index (χ1n) is 7.46. The Labute approximate surface area is 121 Å². The molecule has 1 aliphatic rings. The zero-order chi connectivity index (χ0) is 14.6. The van der Waals surface area contributed by atoms with Gasteiger partial charge in [0.05, 0.1) is 24.1 Å². The van der Waals surface area contributed by atoms with Gasteiger partial charge in [0.25, 0.3) is 0 Å². The third-order valence-electron chi connectivity index (χ3n) is 4.51. The van der Waals surface area contributed by atoms with E-state index in [4.69, 9.17) is 10.5 Å². The van der Waals surface area contributed by atoms with E-state index in [-0.39, 0.29) is 0 Å². The average Bonchev–Trinajstić information content (AvgIpc) is 2.47. The summed E-state index contributed by atoms with van der Waals surface area (Å²) in [5, 5.41) is 13.9. The fraction of sp³-hybridized carbons (Fsp3) is 0.625. The molecule has 4 nitrogen and oxygen atoms in total. The summed E-state index contributed by atoms with van der Waals surface area (Å²) in [7, 11) is 1.61. The van der Waals surface area contributed by atoms with Crippen LogP contribution >= 0.6 is 0 Å². The number of nitrogens with two attached hydrogens (primary N) is 1. The van der Waals surface area contributed by atoms with Crippen LogP contribution < -0.4 is 15.8 Å². The minimum atomic E-state index is -0.610. The first-order valence-corrected chi connectivity index (χ1v) is 7.46. The predicted octanol–water partition coefficient (Wildman–Crippen LogP) is 3.02. The molecule has 0 amide bonds. The van der Waals surface area contributed by atoms with Crippen molar-refractivity contribution in [1.82, 2.24) is 0 Å². The number of nitrogen functional groups attached to an aromatic ring is 1. The van der Waals surface area contributed by atoms with Gasteiger partial charge < -0.3 is 20.9 Å². The Morgan fingerprint density at radius 1 is 1.40 bits per heavy atom. The van der Waals surface area contributed by atoms with E-state index in [1.807, 2.05) is 18.2 Å². The van der Waals surface area contributed by atoms with Gasteiger partial charge in [-0.3, -0.25) is 0 Å². The van der Waals surface area contributed by atoms with Gasteiger partial charge in [-0.2, -0.15) is 0 Å². The number of rotatable bonds is 5. The fourth-order valence-electron chi connectivity index (χ4n) is 2.94. The van der Waals surface area contributed by atoms with E-state index >= 15 is 0 Å². The van der Waals surface area contributed by atoms with Gasteiger partial charge in [-0.1, -0.05) is 19.4 Å². The summed E-state index contributed by atoms with van der Waals surface area (Å²) >= 11 is 0. The Balaban J connectivity index is 1.95. The highest BCUT2D eigenvalue weighted by Crippen LogP contribution is 2.35. The number of benzene rings is 1. The second-order valence-corrected chi connectivity index (χ2v) is 5.85. The first kappa shape index (κ1) is 15.0. The number of hydrogen-bond acceptors (Lipinski definition) is 4. The predicted molar refractivity (Wildman–Crippen MR) is 83.1 cm³/mol. The molecule has 0 atom stereocenters. The number of aliphatic hydroxyl groups is 1. The molecule has 4 N–H and O–H groups in total. The summed E-state index contributed by atoms with van der Waals surface area (Å²) in [6.45, 7) is 2.77. The van der Waals surface area contributed by atoms with Crippen molar-refractivity contribution in [3.05, 3.63) is 18.2 Å². The number of para-hydroxylation sites is 1. The molecule has 0 heterocycles. The molecule has 0 aliphatic heterocycles. The molecule has 0 aromatic heterocycles. The number of nitrogens with one attached hydrogen (secondary N) is 1. The second kappa shape index (κ2) is 6.35. The lowest BCUT2D eigenvalue weighted by molar-refractivity contribution is 0.00230. The Hall–Kier alpha value is -1.42. The molecule has 1 aliphatic carbocycles. The average molecular weight is 278 g/mol. The molecule has 0 radical (unpaired) electrons. The smallest absolute Gasteiger partial charge is 0.143 e. The van der Waals surface area contributed by atoms with Crippen LogP contribution in [-0.4, -0.2) is 24.4 Å². The summed E-state index contributed by atoms with van der Waals surface area (Å²) in [6, 6.07) is 5.65. The molecule has 0 unspecified atom stereocenters. The van der Waals surface area contributed by atoms with Gasteiger partial charge in [0.2, 0.25) is 0 Å². The lowest BCUT2D eigenvalue weighted by Crippen LogP contribution is -2.40. The van der Waals surface area contributed by atoms with Gasteiger partial charge in [-0.15, -0.1) is 0 Å². The molecule has 1 aromatic rings. The van der Waals surface area contributed by atoms with Crippen LogP contribution in [0.3, 0.4) is 0 Å². The van der Waals surface area contributed by atoms with E-state index in [1.54, 1.807) is 7.11 Å². The first-order chi connectivity index (χ1) is 9.58. The Morgan fingerprint density at radius 2 is 2.10 bits per heavy atom. The summed E-state index contributed by atoms with van der Waals surface area (Å²) in [4.78, 5) is 0. The van der Waals surface area contributed by atoms with Crippen LogP contribution in [0.25, 0.3) is 0 Å². The standard InChI is InChI=1S/C16H26N2O2/c1-3-12-7-9-16(19,10-8-12)11-18-13-5-4-6-14(20-2)15(13)17/h4-6,12,18-19H,3,7-11,17H2,1-2H3. The van der Waals surface area contributed by atoms with Gasteiger partial charge in [0, 0.05) is 6.54 Å². The quantitative estimate of drug-likeness (QED) is 0.724. The maximum atomic E-state index is 10.6. The van der Waals surface area contributed by atoms with E-state index in [9.17, 15) is 5.11 Å². The highest BCUT2D eigenvalue weighted by molar-refractivity contribution is 5.72. The molecule has 0 spiro atoms. The van der Waals surface area contributed by atoms with E-state index in [0.29, 0.717) is 18.0 Å². The number of ether oxygens (including phenoxy) is 1. The third-order valence-corrected chi connectivity index (χ3v) is 4.51. The van der Waals surface area contributed by atoms with Crippen LogP contribution in [0.5, 0.6) is 5.75 Å². The van der Waals surface area contributed by atoms with Crippen molar-refractivity contribution < 1.29 is 9.84 Å². The third kappa shape index (κ3) is 3.37. The molecule has 112 valence electrons. The van der Waals surface area contributed by atoms with E-state index in [1.165, 1.54) is 6.42 Å². The van der Waals surface area contributed by atoms with Crippen molar-refractivity contribution >= 4 is 11.4 Å². The lowest BCUT2D eigenvalue weighted by Gasteiger charge is -2.36. The minimum absolute atomic E-state index is 0.542. The second-order valence-electron chi connectivity index (χ2n) is 5.85. The topological polar surface area (TPSA) is 67.5 Å². The normalized spacial score (nSPS) is 26.2. The van der Waals surface area contributed by atoms with Gasteiger partial charge >= 0.3 is 0 Å². The van der Waals surface area contributed by atoms with Crippen LogP contribution in [0.15, 0.2) is 18.2 Å². The van der Waals surface area contributed by atoms with Crippen molar-refractivity contribution in [1.29, 1.82) is 0 Å². The summed E-state index contributed by atoms with van der Waals surface area (Å²) in [5.74, 6) is 1.44. The molecule has 1 aromatic carbocycles. The molecule has 20 heavy (non-hydrogen) atoms. The highest BCUT2D eigenvalue weighted by atomic mass is 16.5. The summed E-state index contributed by atoms with van der Waals surface area (Å²) in [6.07, 6.45) is 5.17. The maximum Gasteiger partial charge on any atom is 0.143 e. The number of anilines is 2. The Morgan fingerprint density at radius 3 is 2.70 bits per heavy atom. The molecule has 0 saturated heterocycles. The lowest BCUT2D eigenvalue weighted by atomic mass is 9.78. The van der Waals surface area contributed by atoms with Crippen LogP contribution in [0.1, 0.15) is 39.0 Å². The molecule has 1 fully saturated rings. The van der Waals surface area contributed by atoms with Crippen molar-refractivity contribution in [2.45, 2.75) is 44.6 Å². The van der Waals surface area contributed by atoms with Gasteiger partial charge in [0.1, 0.15) is 5.75 Å². The van der Waals surface area contributed by atoms with E-state index < -0.39 is 5.60 Å². The Kier molecular flexibility index (Phi) is 4.76. The van der Waals surface area contributed by atoms with Gasteiger partial charge in [-0.05, 0) is 43.7 Å². The van der Waals surface area contributed by atoms with Crippen molar-refractivity contribution in [2.75, 3.05) is 24.7 Å². The van der Waals surface area contributed by atoms with E-state index in [2.05, 4.69) is 12.2 Å². The zero-order valence-electron chi connectivity index (χ0n) is 12.5. The van der Waals surface area contributed by atoms with Gasteiger partial charge in [0.15, 0.2) is 0 Å². The molecular formula is C16H26N2O2. The zero-order valence-corrected chi connectivity index (χ0v) is 12.5. The van der Waals surface area contributed by atoms with Crippen LogP contribution in [0.2, 0.25) is 0 Å². The fourth-order valence-corrected chi connectivity index (χ4v) is 2.94. The van der Waals surface area contributed by atoms with Crippen LogP contribution in [0.4, 0.5) is 11.4 Å². The SMILES string of the molecule is CCC1CCC(O)(CNc2cccc(OC)c2N)CC1. The van der Waals surface area contributed by atoms with Crippen molar-refractivity contribution in [3.8, 4) is 5.75 Å². The number of methoxy groups -OCH3 is 1. The van der Waals surface area contributed by atoms with Crippen LogP contribution in [0, 0.1) is 5.92 Å².